The van der Waals surface area contributed by atoms with Crippen LogP contribution in [0.15, 0.2) is 42.7 Å². The summed E-state index contributed by atoms with van der Waals surface area (Å²) >= 11 is 6.55. The van der Waals surface area contributed by atoms with Gasteiger partial charge in [0.15, 0.2) is 0 Å². The van der Waals surface area contributed by atoms with Crippen molar-refractivity contribution in [2.45, 2.75) is 32.4 Å². The number of carbonyl (C=O) groups is 2. The predicted octanol–water partition coefficient (Wildman–Crippen LogP) is 3.22. The van der Waals surface area contributed by atoms with Crippen molar-refractivity contribution in [2.24, 2.45) is 13.0 Å². The first-order chi connectivity index (χ1) is 14.9. The molecular formula is C22H24ClN5O3. The first-order valence-electron chi connectivity index (χ1n) is 10.1. The number of aryl methyl sites for hydroxylation is 2. The van der Waals surface area contributed by atoms with Gasteiger partial charge in [-0.05, 0) is 25.5 Å². The number of likely N-dealkylation sites (tertiary alicyclic amines) is 1. The maximum absolute atomic E-state index is 13.1. The van der Waals surface area contributed by atoms with Crippen LogP contribution in [-0.2, 0) is 28.0 Å². The van der Waals surface area contributed by atoms with E-state index in [2.05, 4.69) is 10.2 Å². The Kier molecular flexibility index (Phi) is 5.82. The number of benzene rings is 1. The molecule has 2 aromatic heterocycles. The fourth-order valence-corrected chi connectivity index (χ4v) is 4.35. The van der Waals surface area contributed by atoms with Crippen LogP contribution < -0.4 is 0 Å². The van der Waals surface area contributed by atoms with E-state index in [0.717, 1.165) is 11.3 Å². The van der Waals surface area contributed by atoms with Crippen molar-refractivity contribution in [1.29, 1.82) is 0 Å². The summed E-state index contributed by atoms with van der Waals surface area (Å²) in [7, 11) is 3.51. The summed E-state index contributed by atoms with van der Waals surface area (Å²) in [6, 6.07) is 9.12. The second-order valence-corrected chi connectivity index (χ2v) is 8.11. The van der Waals surface area contributed by atoms with Crippen molar-refractivity contribution in [1.82, 2.24) is 24.5 Å². The van der Waals surface area contributed by atoms with Crippen LogP contribution in [0.3, 0.4) is 0 Å². The van der Waals surface area contributed by atoms with Crippen molar-refractivity contribution in [3.8, 4) is 5.69 Å². The summed E-state index contributed by atoms with van der Waals surface area (Å²) in [6.07, 6.45) is 4.24. The molecule has 1 fully saturated rings. The molecule has 1 saturated heterocycles. The minimum absolute atomic E-state index is 0.000861. The van der Waals surface area contributed by atoms with E-state index in [1.807, 2.05) is 43.5 Å². The smallest absolute Gasteiger partial charge is 0.311 e. The van der Waals surface area contributed by atoms with Crippen LogP contribution in [0, 0.1) is 12.8 Å². The lowest BCUT2D eigenvalue weighted by Crippen LogP contribution is -2.43. The number of aromatic nitrogens is 4. The molecule has 1 aliphatic heterocycles. The van der Waals surface area contributed by atoms with Crippen LogP contribution in [0.2, 0.25) is 5.15 Å². The predicted molar refractivity (Wildman–Crippen MR) is 115 cm³/mol. The Morgan fingerprint density at radius 2 is 2.00 bits per heavy atom. The van der Waals surface area contributed by atoms with Crippen LogP contribution >= 0.6 is 11.6 Å². The standard InChI is InChI=1S/C22H24ClN5O3/c1-14-18(21(23)28(25-14)16-7-5-4-6-8-16)13-31-22(30)17-9-10-19(29)27(3)20(17)15-11-24-26(2)12-15/h4-8,11-12,17,20H,9-10,13H2,1-3H3. The number of hydrogen-bond donors (Lipinski definition) is 0. The van der Waals surface area contributed by atoms with Gasteiger partial charge in [-0.25, -0.2) is 4.68 Å². The Bertz CT molecular complexity index is 1110. The second-order valence-electron chi connectivity index (χ2n) is 7.75. The van der Waals surface area contributed by atoms with Gasteiger partial charge in [-0.15, -0.1) is 0 Å². The topological polar surface area (TPSA) is 82.2 Å². The summed E-state index contributed by atoms with van der Waals surface area (Å²) in [5.41, 5.74) is 3.00. The molecule has 1 aromatic carbocycles. The molecule has 0 bridgehead atoms. The van der Waals surface area contributed by atoms with E-state index in [1.54, 1.807) is 34.6 Å². The average Bonchev–Trinajstić information content (AvgIpc) is 3.31. The van der Waals surface area contributed by atoms with Gasteiger partial charge in [0.25, 0.3) is 0 Å². The van der Waals surface area contributed by atoms with E-state index < -0.39 is 12.0 Å². The quantitative estimate of drug-likeness (QED) is 0.568. The number of amides is 1. The van der Waals surface area contributed by atoms with E-state index in [4.69, 9.17) is 16.3 Å². The Hall–Kier alpha value is -3.13. The highest BCUT2D eigenvalue weighted by molar-refractivity contribution is 6.30. The number of hydrogen-bond acceptors (Lipinski definition) is 5. The molecule has 3 aromatic rings. The molecule has 1 amide bonds. The molecule has 2 unspecified atom stereocenters. The van der Waals surface area contributed by atoms with Crippen molar-refractivity contribution < 1.29 is 14.3 Å². The lowest BCUT2D eigenvalue weighted by molar-refractivity contribution is -0.157. The molecule has 0 radical (unpaired) electrons. The highest BCUT2D eigenvalue weighted by Gasteiger charge is 2.40. The SMILES string of the molecule is Cc1nn(-c2ccccc2)c(Cl)c1COC(=O)C1CCC(=O)N(C)C1c1cnn(C)c1. The fourth-order valence-electron chi connectivity index (χ4n) is 4.02. The number of piperidine rings is 1. The molecule has 2 atom stereocenters. The molecule has 31 heavy (non-hydrogen) atoms. The summed E-state index contributed by atoms with van der Waals surface area (Å²) < 4.78 is 8.97. The summed E-state index contributed by atoms with van der Waals surface area (Å²) in [5, 5.41) is 9.09. The third kappa shape index (κ3) is 4.07. The third-order valence-electron chi connectivity index (χ3n) is 5.71. The van der Waals surface area contributed by atoms with Gasteiger partial charge in [0, 0.05) is 37.8 Å². The van der Waals surface area contributed by atoms with E-state index >= 15 is 0 Å². The average molecular weight is 442 g/mol. The zero-order valence-electron chi connectivity index (χ0n) is 17.7. The van der Waals surface area contributed by atoms with Crippen molar-refractivity contribution in [2.75, 3.05) is 7.05 Å². The van der Waals surface area contributed by atoms with Gasteiger partial charge >= 0.3 is 5.97 Å². The minimum atomic E-state index is -0.477. The highest BCUT2D eigenvalue weighted by Crippen LogP contribution is 2.36. The molecule has 0 spiro atoms. The maximum atomic E-state index is 13.1. The van der Waals surface area contributed by atoms with Crippen LogP contribution in [0.25, 0.3) is 5.69 Å². The number of halogens is 1. The fraction of sp³-hybridized carbons (Fsp3) is 0.364. The zero-order chi connectivity index (χ0) is 22.1. The van der Waals surface area contributed by atoms with E-state index in [1.165, 1.54) is 0 Å². The van der Waals surface area contributed by atoms with E-state index in [9.17, 15) is 9.59 Å². The molecule has 0 N–H and O–H groups in total. The molecule has 162 valence electrons. The lowest BCUT2D eigenvalue weighted by Gasteiger charge is -2.37. The van der Waals surface area contributed by atoms with Gasteiger partial charge in [0.1, 0.15) is 11.8 Å². The van der Waals surface area contributed by atoms with Crippen LogP contribution in [0.4, 0.5) is 0 Å². The Labute approximate surface area is 185 Å². The molecule has 0 saturated carbocycles. The molecule has 3 heterocycles. The minimum Gasteiger partial charge on any atom is -0.460 e. The molecule has 4 rings (SSSR count). The maximum Gasteiger partial charge on any atom is 0.311 e. The Morgan fingerprint density at radius 3 is 2.68 bits per heavy atom. The van der Waals surface area contributed by atoms with Crippen molar-refractivity contribution in [3.05, 3.63) is 64.7 Å². The monoisotopic (exact) mass is 441 g/mol. The molecule has 0 aliphatic carbocycles. The Balaban J connectivity index is 1.53. The van der Waals surface area contributed by atoms with Crippen LogP contribution in [0.5, 0.6) is 0 Å². The summed E-state index contributed by atoms with van der Waals surface area (Å²) in [6.45, 7) is 1.85. The number of para-hydroxylation sites is 1. The van der Waals surface area contributed by atoms with Gasteiger partial charge in [-0.1, -0.05) is 29.8 Å². The molecule has 1 aliphatic rings. The highest BCUT2D eigenvalue weighted by atomic mass is 35.5. The van der Waals surface area contributed by atoms with Gasteiger partial charge in [-0.2, -0.15) is 10.2 Å². The van der Waals surface area contributed by atoms with Gasteiger partial charge in [0.05, 0.1) is 29.5 Å². The lowest BCUT2D eigenvalue weighted by atomic mass is 9.86. The second kappa shape index (κ2) is 8.55. The molecule has 8 nitrogen and oxygen atoms in total. The van der Waals surface area contributed by atoms with E-state index in [0.29, 0.717) is 29.3 Å². The third-order valence-corrected chi connectivity index (χ3v) is 6.10. The number of carbonyl (C=O) groups excluding carboxylic acids is 2. The number of esters is 1. The van der Waals surface area contributed by atoms with Gasteiger partial charge in [0.2, 0.25) is 5.91 Å². The Morgan fingerprint density at radius 1 is 1.26 bits per heavy atom. The summed E-state index contributed by atoms with van der Waals surface area (Å²) in [5.74, 6) is -0.841. The van der Waals surface area contributed by atoms with Crippen LogP contribution in [-0.4, -0.2) is 43.4 Å². The van der Waals surface area contributed by atoms with E-state index in [-0.39, 0.29) is 18.5 Å². The zero-order valence-corrected chi connectivity index (χ0v) is 18.4. The first kappa shape index (κ1) is 21.1. The number of rotatable bonds is 5. The van der Waals surface area contributed by atoms with Crippen molar-refractivity contribution >= 4 is 23.5 Å². The summed E-state index contributed by atoms with van der Waals surface area (Å²) in [4.78, 5) is 26.9. The molecule has 9 heteroatoms. The molecular weight excluding hydrogens is 418 g/mol. The number of nitrogens with zero attached hydrogens (tertiary/aromatic N) is 5. The van der Waals surface area contributed by atoms with Crippen LogP contribution in [0.1, 0.15) is 35.7 Å². The number of ether oxygens (including phenoxy) is 1. The first-order valence-corrected chi connectivity index (χ1v) is 10.4. The van der Waals surface area contributed by atoms with Gasteiger partial charge < -0.3 is 9.64 Å². The normalized spacial score (nSPS) is 19.0. The van der Waals surface area contributed by atoms with Crippen molar-refractivity contribution in [3.63, 3.8) is 0 Å². The van der Waals surface area contributed by atoms with Gasteiger partial charge in [-0.3, -0.25) is 14.3 Å². The largest absolute Gasteiger partial charge is 0.460 e.